The lowest BCUT2D eigenvalue weighted by atomic mass is 9.53. The summed E-state index contributed by atoms with van der Waals surface area (Å²) < 4.78 is 26.8. The van der Waals surface area contributed by atoms with Gasteiger partial charge in [-0.3, -0.25) is 9.59 Å². The SMILES string of the molecule is CNC(=O)C(NC(=O)CCNC(=O)NC12CC3CC(CC(C3)C1)C2)c1ccc(F)c(F)c1. The summed E-state index contributed by atoms with van der Waals surface area (Å²) in [5.41, 5.74) is 0.0158. The van der Waals surface area contributed by atoms with E-state index in [9.17, 15) is 23.2 Å². The van der Waals surface area contributed by atoms with Crippen LogP contribution < -0.4 is 21.3 Å². The second-order valence-corrected chi connectivity index (χ2v) is 9.62. The molecule has 0 heterocycles. The van der Waals surface area contributed by atoms with Crippen LogP contribution in [0.25, 0.3) is 0 Å². The van der Waals surface area contributed by atoms with Crippen LogP contribution in [0.3, 0.4) is 0 Å². The Morgan fingerprint density at radius 2 is 1.66 bits per heavy atom. The first kappa shape index (κ1) is 22.5. The fourth-order valence-electron chi connectivity index (χ4n) is 6.21. The Hall–Kier alpha value is -2.71. The minimum absolute atomic E-state index is 0.0501. The molecule has 9 heteroatoms. The van der Waals surface area contributed by atoms with Gasteiger partial charge >= 0.3 is 6.03 Å². The van der Waals surface area contributed by atoms with Gasteiger partial charge in [-0.05, 0) is 74.0 Å². The van der Waals surface area contributed by atoms with Gasteiger partial charge in [0.1, 0.15) is 6.04 Å². The Labute approximate surface area is 186 Å². The van der Waals surface area contributed by atoms with Crippen LogP contribution in [0, 0.1) is 29.4 Å². The van der Waals surface area contributed by atoms with Gasteiger partial charge in [0.15, 0.2) is 11.6 Å². The molecule has 1 aromatic carbocycles. The minimum Gasteiger partial charge on any atom is -0.357 e. The van der Waals surface area contributed by atoms with Gasteiger partial charge in [0.2, 0.25) is 11.8 Å². The number of halogens is 2. The maximum atomic E-state index is 13.6. The first-order valence-corrected chi connectivity index (χ1v) is 11.3. The van der Waals surface area contributed by atoms with Crippen molar-refractivity contribution in [1.29, 1.82) is 0 Å². The van der Waals surface area contributed by atoms with Crippen LogP contribution in [0.2, 0.25) is 0 Å². The van der Waals surface area contributed by atoms with Crippen molar-refractivity contribution in [3.8, 4) is 0 Å². The van der Waals surface area contributed by atoms with Crippen LogP contribution in [0.4, 0.5) is 13.6 Å². The maximum absolute atomic E-state index is 13.6. The Balaban J connectivity index is 1.27. The highest BCUT2D eigenvalue weighted by molar-refractivity contribution is 5.88. The molecule has 1 atom stereocenters. The number of carbonyl (C=O) groups is 3. The van der Waals surface area contributed by atoms with Crippen LogP contribution in [-0.4, -0.2) is 37.0 Å². The number of hydrogen-bond acceptors (Lipinski definition) is 3. The Bertz CT molecular complexity index is 872. The number of hydrogen-bond donors (Lipinski definition) is 4. The molecule has 174 valence electrons. The Morgan fingerprint density at radius 3 is 2.22 bits per heavy atom. The fraction of sp³-hybridized carbons (Fsp3) is 0.609. The van der Waals surface area contributed by atoms with Crippen molar-refractivity contribution in [1.82, 2.24) is 21.3 Å². The first-order chi connectivity index (χ1) is 15.3. The lowest BCUT2D eigenvalue weighted by Gasteiger charge is -2.56. The predicted molar refractivity (Wildman–Crippen MR) is 113 cm³/mol. The molecule has 7 nitrogen and oxygen atoms in total. The summed E-state index contributed by atoms with van der Waals surface area (Å²) in [4.78, 5) is 37.0. The Kier molecular flexibility index (Phi) is 6.35. The number of urea groups is 1. The van der Waals surface area contributed by atoms with E-state index in [4.69, 9.17) is 0 Å². The summed E-state index contributed by atoms with van der Waals surface area (Å²) in [6.07, 6.45) is 6.91. The van der Waals surface area contributed by atoms with Crippen molar-refractivity contribution >= 4 is 17.8 Å². The molecule has 0 aromatic heterocycles. The van der Waals surface area contributed by atoms with Gasteiger partial charge in [0.05, 0.1) is 0 Å². The van der Waals surface area contributed by atoms with E-state index in [0.717, 1.165) is 31.4 Å². The molecular formula is C23H30F2N4O3. The number of carbonyl (C=O) groups excluding carboxylic acids is 3. The minimum atomic E-state index is -1.16. The summed E-state index contributed by atoms with van der Waals surface area (Å²) in [5, 5.41) is 10.8. The van der Waals surface area contributed by atoms with Crippen molar-refractivity contribution < 1.29 is 23.2 Å². The number of amides is 4. The second-order valence-electron chi connectivity index (χ2n) is 9.62. The highest BCUT2D eigenvalue weighted by Crippen LogP contribution is 2.55. The topological polar surface area (TPSA) is 99.3 Å². The zero-order valence-electron chi connectivity index (χ0n) is 18.2. The molecule has 4 bridgehead atoms. The average Bonchev–Trinajstić information content (AvgIpc) is 2.72. The lowest BCUT2D eigenvalue weighted by molar-refractivity contribution is -0.128. The molecule has 1 aromatic rings. The number of benzene rings is 1. The normalized spacial score (nSPS) is 28.7. The van der Waals surface area contributed by atoms with Crippen molar-refractivity contribution in [3.05, 3.63) is 35.4 Å². The third kappa shape index (κ3) is 4.86. The molecule has 0 spiro atoms. The number of likely N-dealkylation sites (N-methyl/N-ethyl adjacent to an activating group) is 1. The first-order valence-electron chi connectivity index (χ1n) is 11.3. The quantitative estimate of drug-likeness (QED) is 0.516. The molecule has 4 aliphatic carbocycles. The van der Waals surface area contributed by atoms with Crippen molar-refractivity contribution in [3.63, 3.8) is 0 Å². The lowest BCUT2D eigenvalue weighted by Crippen LogP contribution is -2.61. The molecule has 0 aliphatic heterocycles. The molecule has 5 rings (SSSR count). The molecular weight excluding hydrogens is 418 g/mol. The monoisotopic (exact) mass is 448 g/mol. The second kappa shape index (κ2) is 9.03. The average molecular weight is 449 g/mol. The van der Waals surface area contributed by atoms with Crippen LogP contribution in [0.15, 0.2) is 18.2 Å². The van der Waals surface area contributed by atoms with Gasteiger partial charge in [-0.25, -0.2) is 13.6 Å². The summed E-state index contributed by atoms with van der Waals surface area (Å²) in [5.74, 6) is -1.05. The zero-order chi connectivity index (χ0) is 22.9. The van der Waals surface area contributed by atoms with Crippen molar-refractivity contribution in [2.45, 2.75) is 56.5 Å². The van der Waals surface area contributed by atoms with Crippen LogP contribution in [-0.2, 0) is 9.59 Å². The third-order valence-corrected chi connectivity index (χ3v) is 7.15. The molecule has 32 heavy (non-hydrogen) atoms. The van der Waals surface area contributed by atoms with Crippen LogP contribution >= 0.6 is 0 Å². The van der Waals surface area contributed by atoms with E-state index in [1.807, 2.05) is 0 Å². The summed E-state index contributed by atoms with van der Waals surface area (Å²) in [6, 6.07) is 1.60. The molecule has 4 saturated carbocycles. The van der Waals surface area contributed by atoms with E-state index in [0.29, 0.717) is 17.8 Å². The van der Waals surface area contributed by atoms with Crippen LogP contribution in [0.5, 0.6) is 0 Å². The molecule has 1 unspecified atom stereocenters. The van der Waals surface area contributed by atoms with Gasteiger partial charge < -0.3 is 21.3 Å². The molecule has 0 radical (unpaired) electrons. The van der Waals surface area contributed by atoms with Crippen molar-refractivity contribution in [2.24, 2.45) is 17.8 Å². The van der Waals surface area contributed by atoms with E-state index < -0.39 is 29.5 Å². The smallest absolute Gasteiger partial charge is 0.315 e. The van der Waals surface area contributed by atoms with E-state index in [-0.39, 0.29) is 30.1 Å². The maximum Gasteiger partial charge on any atom is 0.315 e. The van der Waals surface area contributed by atoms with Crippen LogP contribution in [0.1, 0.15) is 56.6 Å². The van der Waals surface area contributed by atoms with Gasteiger partial charge in [0.25, 0.3) is 0 Å². The van der Waals surface area contributed by atoms with Gasteiger partial charge in [0, 0.05) is 25.6 Å². The van der Waals surface area contributed by atoms with Gasteiger partial charge in [-0.1, -0.05) is 6.07 Å². The van der Waals surface area contributed by atoms with E-state index in [2.05, 4.69) is 21.3 Å². The molecule has 4 fully saturated rings. The standard InChI is InChI=1S/C23H30F2N4O3/c1-26-21(31)20(16-2-3-17(24)18(25)9-16)28-19(30)4-5-27-22(32)29-23-10-13-6-14(11-23)8-15(7-13)12-23/h2-3,9,13-15,20H,4-8,10-12H2,1H3,(H,26,31)(H,28,30)(H2,27,29,32). The number of rotatable bonds is 7. The highest BCUT2D eigenvalue weighted by Gasteiger charge is 2.51. The molecule has 0 saturated heterocycles. The summed E-state index contributed by atoms with van der Waals surface area (Å²) in [7, 11) is 1.39. The highest BCUT2D eigenvalue weighted by atomic mass is 19.2. The zero-order valence-corrected chi connectivity index (χ0v) is 18.2. The molecule has 4 aliphatic rings. The Morgan fingerprint density at radius 1 is 1.03 bits per heavy atom. The van der Waals surface area contributed by atoms with E-state index in [1.165, 1.54) is 32.4 Å². The van der Waals surface area contributed by atoms with E-state index in [1.54, 1.807) is 0 Å². The van der Waals surface area contributed by atoms with Crippen molar-refractivity contribution in [2.75, 3.05) is 13.6 Å². The van der Waals surface area contributed by atoms with Gasteiger partial charge in [-0.2, -0.15) is 0 Å². The fourth-order valence-corrected chi connectivity index (χ4v) is 6.21. The van der Waals surface area contributed by atoms with E-state index >= 15 is 0 Å². The molecule has 4 amide bonds. The summed E-state index contributed by atoms with van der Waals surface area (Å²) >= 11 is 0. The predicted octanol–water partition coefficient (Wildman–Crippen LogP) is 2.53. The molecule has 4 N–H and O–H groups in total. The largest absolute Gasteiger partial charge is 0.357 e. The summed E-state index contributed by atoms with van der Waals surface area (Å²) in [6.45, 7) is 0.0995. The third-order valence-electron chi connectivity index (χ3n) is 7.15. The van der Waals surface area contributed by atoms with Gasteiger partial charge in [-0.15, -0.1) is 0 Å². The number of nitrogens with one attached hydrogen (secondary N) is 4.